The van der Waals surface area contributed by atoms with Crippen molar-refractivity contribution in [3.8, 4) is 5.75 Å². The first-order chi connectivity index (χ1) is 10.9. The predicted molar refractivity (Wildman–Crippen MR) is 98.9 cm³/mol. The summed E-state index contributed by atoms with van der Waals surface area (Å²) in [5.74, 6) is 0.573. The zero-order chi connectivity index (χ0) is 17.0. The minimum atomic E-state index is -0.311. The molecular weight excluding hydrogens is 401 g/mol. The highest BCUT2D eigenvalue weighted by Crippen LogP contribution is 2.31. The number of nitrogens with one attached hydrogen (secondary N) is 1. The molecule has 23 heavy (non-hydrogen) atoms. The molecule has 0 atom stereocenters. The fraction of sp³-hybridized carbons (Fsp3) is 0.235. The summed E-state index contributed by atoms with van der Waals surface area (Å²) in [6.45, 7) is 4.62. The number of carbonyl (C=O) groups excluding carboxylic acids is 1. The monoisotopic (exact) mass is 415 g/mol. The van der Waals surface area contributed by atoms with E-state index in [0.29, 0.717) is 39.6 Å². The second-order valence-electron chi connectivity index (χ2n) is 5.40. The summed E-state index contributed by atoms with van der Waals surface area (Å²) in [5.41, 5.74) is 0.884. The summed E-state index contributed by atoms with van der Waals surface area (Å²) in [4.78, 5) is 12.6. The third kappa shape index (κ3) is 4.87. The first-order valence-electron chi connectivity index (χ1n) is 7.06. The zero-order valence-electron chi connectivity index (χ0n) is 12.7. The minimum Gasteiger partial charge on any atom is -0.492 e. The quantitative estimate of drug-likeness (QED) is 0.644. The molecule has 122 valence electrons. The molecule has 0 spiro atoms. The molecule has 0 radical (unpaired) electrons. The van der Waals surface area contributed by atoms with E-state index in [4.69, 9.17) is 27.9 Å². The summed E-state index contributed by atoms with van der Waals surface area (Å²) in [6.07, 6.45) is 0. The van der Waals surface area contributed by atoms with Gasteiger partial charge in [0.1, 0.15) is 5.75 Å². The Morgan fingerprint density at radius 3 is 2.70 bits per heavy atom. The largest absolute Gasteiger partial charge is 0.492 e. The highest BCUT2D eigenvalue weighted by Gasteiger charge is 2.16. The van der Waals surface area contributed by atoms with Gasteiger partial charge in [-0.25, -0.2) is 0 Å². The van der Waals surface area contributed by atoms with Crippen molar-refractivity contribution in [2.45, 2.75) is 13.8 Å². The molecule has 0 heterocycles. The lowest BCUT2D eigenvalue weighted by Gasteiger charge is -2.14. The predicted octanol–water partition coefficient (Wildman–Crippen LogP) is 6.04. The van der Waals surface area contributed by atoms with Crippen molar-refractivity contribution in [1.82, 2.24) is 0 Å². The van der Waals surface area contributed by atoms with Crippen LogP contribution >= 0.6 is 39.1 Å². The van der Waals surface area contributed by atoms with Gasteiger partial charge in [0.2, 0.25) is 0 Å². The Balaban J connectivity index is 2.27. The first-order valence-corrected chi connectivity index (χ1v) is 8.61. The molecule has 2 aromatic rings. The molecule has 1 N–H and O–H groups in total. The molecule has 0 aliphatic carbocycles. The maximum Gasteiger partial charge on any atom is 0.259 e. The highest BCUT2D eigenvalue weighted by atomic mass is 79.9. The lowest BCUT2D eigenvalue weighted by molar-refractivity contribution is 0.102. The molecule has 0 unspecified atom stereocenters. The molecule has 2 rings (SSSR count). The van der Waals surface area contributed by atoms with Crippen molar-refractivity contribution in [3.05, 3.63) is 56.5 Å². The Hall–Kier alpha value is -1.23. The zero-order valence-corrected chi connectivity index (χ0v) is 15.8. The van der Waals surface area contributed by atoms with Gasteiger partial charge in [-0.15, -0.1) is 0 Å². The Kier molecular flexibility index (Phi) is 6.33. The van der Waals surface area contributed by atoms with Crippen LogP contribution in [-0.2, 0) is 0 Å². The van der Waals surface area contributed by atoms with Crippen LogP contribution in [0, 0.1) is 5.92 Å². The Bertz CT molecular complexity index is 720. The molecule has 3 nitrogen and oxygen atoms in total. The third-order valence-electron chi connectivity index (χ3n) is 2.96. The number of ether oxygens (including phenoxy) is 1. The van der Waals surface area contributed by atoms with Gasteiger partial charge in [0.25, 0.3) is 5.91 Å². The SMILES string of the molecule is CC(C)COc1ccc(Br)cc1C(=O)Nc1cccc(Cl)c1Cl. The van der Waals surface area contributed by atoms with Gasteiger partial charge in [0, 0.05) is 4.47 Å². The van der Waals surface area contributed by atoms with Gasteiger partial charge in [-0.05, 0) is 36.2 Å². The Morgan fingerprint density at radius 1 is 1.26 bits per heavy atom. The summed E-state index contributed by atoms with van der Waals surface area (Å²) < 4.78 is 6.51. The molecule has 2 aromatic carbocycles. The second-order valence-corrected chi connectivity index (χ2v) is 7.10. The van der Waals surface area contributed by atoms with Crippen molar-refractivity contribution in [1.29, 1.82) is 0 Å². The van der Waals surface area contributed by atoms with Gasteiger partial charge in [-0.1, -0.05) is 59.0 Å². The van der Waals surface area contributed by atoms with Crippen molar-refractivity contribution in [2.24, 2.45) is 5.92 Å². The molecular formula is C17H16BrCl2NO2. The van der Waals surface area contributed by atoms with E-state index in [9.17, 15) is 4.79 Å². The third-order valence-corrected chi connectivity index (χ3v) is 4.27. The molecule has 0 aliphatic heterocycles. The number of hydrogen-bond acceptors (Lipinski definition) is 2. The molecule has 0 bridgehead atoms. The molecule has 0 aliphatic rings. The Labute approximate surface area is 154 Å². The number of amides is 1. The number of benzene rings is 2. The van der Waals surface area contributed by atoms with Crippen LogP contribution in [0.1, 0.15) is 24.2 Å². The number of carbonyl (C=O) groups is 1. The van der Waals surface area contributed by atoms with Gasteiger partial charge in [-0.2, -0.15) is 0 Å². The molecule has 0 saturated heterocycles. The maximum absolute atomic E-state index is 12.6. The first kappa shape index (κ1) is 18.1. The van der Waals surface area contributed by atoms with Crippen LogP contribution in [-0.4, -0.2) is 12.5 Å². The van der Waals surface area contributed by atoms with Crippen LogP contribution < -0.4 is 10.1 Å². The van der Waals surface area contributed by atoms with Crippen LogP contribution in [0.15, 0.2) is 40.9 Å². The van der Waals surface area contributed by atoms with E-state index in [-0.39, 0.29) is 5.91 Å². The number of hydrogen-bond donors (Lipinski definition) is 1. The van der Waals surface area contributed by atoms with E-state index in [1.165, 1.54) is 0 Å². The van der Waals surface area contributed by atoms with Crippen molar-refractivity contribution >= 4 is 50.7 Å². The van der Waals surface area contributed by atoms with E-state index in [1.807, 2.05) is 19.9 Å². The number of rotatable bonds is 5. The number of halogens is 3. The van der Waals surface area contributed by atoms with E-state index in [0.717, 1.165) is 4.47 Å². The normalized spacial score (nSPS) is 10.7. The highest BCUT2D eigenvalue weighted by molar-refractivity contribution is 9.10. The van der Waals surface area contributed by atoms with E-state index in [2.05, 4.69) is 21.2 Å². The standard InChI is InChI=1S/C17H16BrCl2NO2/c1-10(2)9-23-15-7-6-11(18)8-12(15)17(22)21-14-5-3-4-13(19)16(14)20/h3-8,10H,9H2,1-2H3,(H,21,22). The van der Waals surface area contributed by atoms with Crippen molar-refractivity contribution < 1.29 is 9.53 Å². The van der Waals surface area contributed by atoms with E-state index >= 15 is 0 Å². The second kappa shape index (κ2) is 8.04. The summed E-state index contributed by atoms with van der Waals surface area (Å²) in [7, 11) is 0. The van der Waals surface area contributed by atoms with Crippen molar-refractivity contribution in [2.75, 3.05) is 11.9 Å². The van der Waals surface area contributed by atoms with E-state index in [1.54, 1.807) is 30.3 Å². The van der Waals surface area contributed by atoms with Gasteiger partial charge < -0.3 is 10.1 Å². The topological polar surface area (TPSA) is 38.3 Å². The van der Waals surface area contributed by atoms with Crippen LogP contribution in [0.3, 0.4) is 0 Å². The fourth-order valence-electron chi connectivity index (χ4n) is 1.85. The lowest BCUT2D eigenvalue weighted by Crippen LogP contribution is -2.15. The molecule has 1 amide bonds. The van der Waals surface area contributed by atoms with Crippen molar-refractivity contribution in [3.63, 3.8) is 0 Å². The summed E-state index contributed by atoms with van der Waals surface area (Å²) >= 11 is 15.5. The van der Waals surface area contributed by atoms with Gasteiger partial charge >= 0.3 is 0 Å². The minimum absolute atomic E-state index is 0.308. The fourth-order valence-corrected chi connectivity index (χ4v) is 2.56. The van der Waals surface area contributed by atoms with Gasteiger partial charge in [0.05, 0.1) is 27.9 Å². The molecule has 0 saturated carbocycles. The lowest BCUT2D eigenvalue weighted by atomic mass is 10.1. The average Bonchev–Trinajstić information content (AvgIpc) is 2.50. The Morgan fingerprint density at radius 2 is 2.00 bits per heavy atom. The van der Waals surface area contributed by atoms with Crippen LogP contribution in [0.2, 0.25) is 10.0 Å². The van der Waals surface area contributed by atoms with Gasteiger partial charge in [-0.3, -0.25) is 4.79 Å². The maximum atomic E-state index is 12.6. The summed E-state index contributed by atoms with van der Waals surface area (Å²) in [6, 6.07) is 10.4. The van der Waals surface area contributed by atoms with Crippen LogP contribution in [0.25, 0.3) is 0 Å². The van der Waals surface area contributed by atoms with E-state index < -0.39 is 0 Å². The van der Waals surface area contributed by atoms with Crippen LogP contribution in [0.4, 0.5) is 5.69 Å². The number of anilines is 1. The van der Waals surface area contributed by atoms with Gasteiger partial charge in [0.15, 0.2) is 0 Å². The smallest absolute Gasteiger partial charge is 0.259 e. The summed E-state index contributed by atoms with van der Waals surface area (Å²) in [5, 5.41) is 3.46. The molecule has 0 aromatic heterocycles. The average molecular weight is 417 g/mol. The molecule has 0 fully saturated rings. The van der Waals surface area contributed by atoms with Crippen LogP contribution in [0.5, 0.6) is 5.75 Å². The molecule has 6 heteroatoms.